The number of carbonyl (C=O) groups excluding carboxylic acids is 2. The van der Waals surface area contributed by atoms with Crippen LogP contribution in [0.3, 0.4) is 0 Å². The van der Waals surface area contributed by atoms with Crippen LogP contribution < -0.4 is 11.1 Å². The molecule has 0 aliphatic heterocycles. The highest BCUT2D eigenvalue weighted by Gasteiger charge is 2.31. The van der Waals surface area contributed by atoms with Gasteiger partial charge >= 0.3 is 6.18 Å². The van der Waals surface area contributed by atoms with Crippen LogP contribution in [0.4, 0.5) is 19.1 Å². The lowest BCUT2D eigenvalue weighted by molar-refractivity contribution is -0.137. The normalized spacial score (nSPS) is 11.4. The maximum Gasteiger partial charge on any atom is 0.416 e. The van der Waals surface area contributed by atoms with Crippen LogP contribution >= 0.6 is 0 Å². The summed E-state index contributed by atoms with van der Waals surface area (Å²) in [6.07, 6.45) is -1.70. The second-order valence-corrected chi connectivity index (χ2v) is 9.13. The third-order valence-corrected chi connectivity index (χ3v) is 6.37. The van der Waals surface area contributed by atoms with Gasteiger partial charge in [0, 0.05) is 30.2 Å². The van der Waals surface area contributed by atoms with Gasteiger partial charge in [0.05, 0.1) is 34.8 Å². The molecule has 0 bridgehead atoms. The van der Waals surface area contributed by atoms with Gasteiger partial charge in [0.25, 0.3) is 0 Å². The number of nitrogens with zero attached hydrogens (tertiary/aromatic N) is 6. The van der Waals surface area contributed by atoms with Crippen molar-refractivity contribution < 1.29 is 22.8 Å². The minimum atomic E-state index is -4.57. The van der Waals surface area contributed by atoms with E-state index >= 15 is 0 Å². The molecule has 0 saturated carbocycles. The Balaban J connectivity index is 1.69. The van der Waals surface area contributed by atoms with Crippen LogP contribution in [0, 0.1) is 18.3 Å². The number of pyridine rings is 1. The zero-order chi connectivity index (χ0) is 29.3. The lowest BCUT2D eigenvalue weighted by Gasteiger charge is -2.16. The first-order chi connectivity index (χ1) is 19.5. The third kappa shape index (κ3) is 5.48. The quantitative estimate of drug-likeness (QED) is 0.298. The Morgan fingerprint density at radius 2 is 1.85 bits per heavy atom. The Morgan fingerprint density at radius 1 is 1.10 bits per heavy atom. The molecule has 3 aromatic heterocycles. The van der Waals surface area contributed by atoms with E-state index in [0.29, 0.717) is 33.6 Å². The van der Waals surface area contributed by atoms with E-state index in [9.17, 15) is 22.8 Å². The van der Waals surface area contributed by atoms with Gasteiger partial charge in [-0.15, -0.1) is 5.10 Å². The van der Waals surface area contributed by atoms with Crippen molar-refractivity contribution in [2.45, 2.75) is 25.9 Å². The van der Waals surface area contributed by atoms with Crippen LogP contribution in [0.25, 0.3) is 33.7 Å². The van der Waals surface area contributed by atoms with Crippen molar-refractivity contribution in [1.29, 1.82) is 5.26 Å². The first-order valence-corrected chi connectivity index (χ1v) is 12.3. The van der Waals surface area contributed by atoms with Crippen molar-refractivity contribution in [3.8, 4) is 34.1 Å². The van der Waals surface area contributed by atoms with Crippen molar-refractivity contribution in [3.63, 3.8) is 0 Å². The number of nitrogens with two attached hydrogens (primary N) is 1. The molecule has 0 saturated heterocycles. The number of carbonyl (C=O) groups is 2. The fraction of sp³-hybridized carbons (Fsp3) is 0.143. The van der Waals surface area contributed by atoms with Crippen LogP contribution in [-0.2, 0) is 15.8 Å². The predicted octanol–water partition coefficient (Wildman–Crippen LogP) is 4.65. The number of fused-ring (bicyclic) bond motifs is 1. The summed E-state index contributed by atoms with van der Waals surface area (Å²) in [7, 11) is 0. The molecule has 10 nitrogen and oxygen atoms in total. The second kappa shape index (κ2) is 10.6. The minimum absolute atomic E-state index is 0.0927. The number of alkyl halides is 3. The molecule has 0 aliphatic carbocycles. The maximum absolute atomic E-state index is 13.6. The molecule has 206 valence electrons. The van der Waals surface area contributed by atoms with E-state index in [1.165, 1.54) is 10.6 Å². The minimum Gasteiger partial charge on any atom is -0.370 e. The van der Waals surface area contributed by atoms with Crippen LogP contribution in [0.15, 0.2) is 67.0 Å². The van der Waals surface area contributed by atoms with Gasteiger partial charge in [0.1, 0.15) is 0 Å². The lowest BCUT2D eigenvalue weighted by Crippen LogP contribution is -2.17. The van der Waals surface area contributed by atoms with Gasteiger partial charge in [0.2, 0.25) is 17.8 Å². The highest BCUT2D eigenvalue weighted by atomic mass is 19.4. The Morgan fingerprint density at radius 3 is 2.54 bits per heavy atom. The van der Waals surface area contributed by atoms with Crippen molar-refractivity contribution >= 4 is 23.4 Å². The van der Waals surface area contributed by atoms with Gasteiger partial charge < -0.3 is 5.73 Å². The summed E-state index contributed by atoms with van der Waals surface area (Å²) >= 11 is 0. The smallest absolute Gasteiger partial charge is 0.370 e. The highest BCUT2D eigenvalue weighted by Crippen LogP contribution is 2.38. The molecule has 3 heterocycles. The zero-order valence-electron chi connectivity index (χ0n) is 21.5. The molecule has 3 N–H and O–H groups in total. The molecule has 2 aromatic carbocycles. The molecule has 0 atom stereocenters. The Labute approximate surface area is 230 Å². The summed E-state index contributed by atoms with van der Waals surface area (Å²) < 4.78 is 43.9. The number of primary amides is 1. The standard InChI is InChI=1S/C28H21F3N8O2/c1-16-21(22-11-12-34-39(22)20-7-5-17(14-32)6-8-20)15-38-26(36-27(37-38)35-24(41)10-9-23(33)40)25(16)18-3-2-4-19(13-18)28(29,30)31/h2-8,11-13,15H,9-10H2,1H3,(H2,33,40)(H,35,37,41). The molecule has 41 heavy (non-hydrogen) atoms. The largest absolute Gasteiger partial charge is 0.416 e. The maximum atomic E-state index is 13.6. The first kappa shape index (κ1) is 27.1. The van der Waals surface area contributed by atoms with E-state index in [1.807, 2.05) is 0 Å². The molecule has 2 amide bonds. The number of nitriles is 1. The summed E-state index contributed by atoms with van der Waals surface area (Å²) in [6.45, 7) is 1.75. The number of benzene rings is 2. The van der Waals surface area contributed by atoms with Crippen molar-refractivity contribution in [2.24, 2.45) is 5.73 Å². The van der Waals surface area contributed by atoms with Gasteiger partial charge in [0.15, 0.2) is 5.65 Å². The summed E-state index contributed by atoms with van der Waals surface area (Å²) in [5.41, 5.74) is 8.01. The van der Waals surface area contributed by atoms with Crippen LogP contribution in [0.5, 0.6) is 0 Å². The first-order valence-electron chi connectivity index (χ1n) is 12.3. The average molecular weight is 559 g/mol. The van der Waals surface area contributed by atoms with Gasteiger partial charge in [-0.2, -0.15) is 28.5 Å². The van der Waals surface area contributed by atoms with Gasteiger partial charge in [-0.3, -0.25) is 14.9 Å². The Kier molecular flexibility index (Phi) is 6.98. The molecular formula is C28H21F3N8O2. The molecule has 0 fully saturated rings. The number of nitrogens with one attached hydrogen (secondary N) is 1. The molecule has 0 radical (unpaired) electrons. The van der Waals surface area contributed by atoms with E-state index < -0.39 is 23.6 Å². The number of hydrogen-bond acceptors (Lipinski definition) is 6. The monoisotopic (exact) mass is 558 g/mol. The van der Waals surface area contributed by atoms with E-state index in [0.717, 1.165) is 12.1 Å². The molecule has 0 spiro atoms. The fourth-order valence-corrected chi connectivity index (χ4v) is 4.43. The lowest BCUT2D eigenvalue weighted by atomic mass is 9.95. The zero-order valence-corrected chi connectivity index (χ0v) is 21.5. The van der Waals surface area contributed by atoms with E-state index in [4.69, 9.17) is 11.0 Å². The van der Waals surface area contributed by atoms with E-state index in [1.54, 1.807) is 60.4 Å². The topological polar surface area (TPSA) is 144 Å². The molecule has 0 aliphatic rings. The number of rotatable bonds is 7. The summed E-state index contributed by atoms with van der Waals surface area (Å²) in [4.78, 5) is 27.8. The summed E-state index contributed by atoms with van der Waals surface area (Å²) in [5, 5.41) is 20.4. The Bertz CT molecular complexity index is 1830. The fourth-order valence-electron chi connectivity index (χ4n) is 4.43. The number of anilines is 1. The SMILES string of the molecule is Cc1c(-c2ccnn2-c2ccc(C#N)cc2)cn2nc(NC(=O)CCC(N)=O)nc2c1-c1cccc(C(F)(F)F)c1. The number of amides is 2. The molecule has 13 heteroatoms. The summed E-state index contributed by atoms with van der Waals surface area (Å²) in [5.74, 6) is -1.28. The van der Waals surface area contributed by atoms with Crippen molar-refractivity contribution in [1.82, 2.24) is 24.4 Å². The molecule has 5 rings (SSSR count). The van der Waals surface area contributed by atoms with Gasteiger partial charge in [-0.25, -0.2) is 9.20 Å². The van der Waals surface area contributed by atoms with Crippen LogP contribution in [0.1, 0.15) is 29.5 Å². The van der Waals surface area contributed by atoms with Gasteiger partial charge in [-0.05, 0) is 60.5 Å². The molecule has 0 unspecified atom stereocenters. The van der Waals surface area contributed by atoms with E-state index in [2.05, 4.69) is 26.6 Å². The molecule has 5 aromatic rings. The third-order valence-electron chi connectivity index (χ3n) is 6.37. The summed E-state index contributed by atoms with van der Waals surface area (Å²) in [6, 6.07) is 15.4. The second-order valence-electron chi connectivity index (χ2n) is 9.13. The number of aromatic nitrogens is 5. The molecular weight excluding hydrogens is 537 g/mol. The highest BCUT2D eigenvalue weighted by molar-refractivity contribution is 5.93. The van der Waals surface area contributed by atoms with Crippen molar-refractivity contribution in [2.75, 3.05) is 5.32 Å². The van der Waals surface area contributed by atoms with E-state index in [-0.39, 0.29) is 30.0 Å². The van der Waals surface area contributed by atoms with Crippen LogP contribution in [0.2, 0.25) is 0 Å². The Hall–Kier alpha value is -5.51. The number of hydrogen-bond donors (Lipinski definition) is 2. The number of halogens is 3. The van der Waals surface area contributed by atoms with Crippen molar-refractivity contribution in [3.05, 3.63) is 83.7 Å². The van der Waals surface area contributed by atoms with Gasteiger partial charge in [-0.1, -0.05) is 12.1 Å². The predicted molar refractivity (Wildman–Crippen MR) is 142 cm³/mol. The van der Waals surface area contributed by atoms with Crippen LogP contribution in [-0.4, -0.2) is 36.2 Å². The average Bonchev–Trinajstić information content (AvgIpc) is 3.58.